The Balaban J connectivity index is 1.48. The van der Waals surface area contributed by atoms with Gasteiger partial charge in [0.1, 0.15) is 0 Å². The van der Waals surface area contributed by atoms with E-state index in [1.54, 1.807) is 54.6 Å². The van der Waals surface area contributed by atoms with Crippen molar-refractivity contribution in [1.82, 2.24) is 5.32 Å². The van der Waals surface area contributed by atoms with E-state index in [0.717, 1.165) is 10.5 Å². The van der Waals surface area contributed by atoms with Gasteiger partial charge in [-0.2, -0.15) is 0 Å². The van der Waals surface area contributed by atoms with Gasteiger partial charge in [0.2, 0.25) is 0 Å². The highest BCUT2D eigenvalue weighted by Gasteiger charge is 2.36. The average molecular weight is 484 g/mol. The Morgan fingerprint density at radius 3 is 2.16 bits per heavy atom. The third kappa shape index (κ3) is 4.10. The number of fused-ring (bicyclic) bond motifs is 1. The molecule has 0 aromatic heterocycles. The standard InChI is InChI=1S/C23H15Cl2N3O3S/c1-12-6-8-16(17(24)10-12)20(29)27-23(32)26-19-9-7-13(11-18(19)25)28-21(30)14-4-2-3-5-15(14)22(28)31/h2-11H,1H3,(H2,26,27,29,32). The Kier molecular flexibility index (Phi) is 5.97. The van der Waals surface area contributed by atoms with E-state index in [2.05, 4.69) is 10.6 Å². The number of imide groups is 1. The molecule has 0 aliphatic carbocycles. The summed E-state index contributed by atoms with van der Waals surface area (Å²) in [5, 5.41) is 5.92. The first-order chi connectivity index (χ1) is 15.3. The predicted molar refractivity (Wildman–Crippen MR) is 129 cm³/mol. The van der Waals surface area contributed by atoms with Crippen LogP contribution in [0.4, 0.5) is 11.4 Å². The SMILES string of the molecule is Cc1ccc(C(=O)NC(=S)Nc2ccc(N3C(=O)c4ccccc4C3=O)cc2Cl)c(Cl)c1. The summed E-state index contributed by atoms with van der Waals surface area (Å²) in [4.78, 5) is 38.8. The van der Waals surface area contributed by atoms with Gasteiger partial charge >= 0.3 is 0 Å². The van der Waals surface area contributed by atoms with Gasteiger partial charge in [-0.25, -0.2) is 4.90 Å². The number of anilines is 2. The molecule has 0 spiro atoms. The van der Waals surface area contributed by atoms with Crippen molar-refractivity contribution in [3.05, 3.63) is 93.0 Å². The number of amides is 3. The zero-order valence-electron chi connectivity index (χ0n) is 16.6. The van der Waals surface area contributed by atoms with E-state index in [1.807, 2.05) is 6.92 Å². The fraction of sp³-hybridized carbons (Fsp3) is 0.0435. The van der Waals surface area contributed by atoms with Crippen LogP contribution in [0.2, 0.25) is 10.0 Å². The maximum Gasteiger partial charge on any atom is 0.266 e. The molecule has 0 saturated heterocycles. The van der Waals surface area contributed by atoms with E-state index >= 15 is 0 Å². The normalized spacial score (nSPS) is 12.5. The molecule has 2 N–H and O–H groups in total. The molecule has 1 aliphatic heterocycles. The largest absolute Gasteiger partial charge is 0.331 e. The molecule has 4 rings (SSSR count). The van der Waals surface area contributed by atoms with E-state index in [0.29, 0.717) is 27.5 Å². The van der Waals surface area contributed by atoms with Crippen molar-refractivity contribution < 1.29 is 14.4 Å². The Morgan fingerprint density at radius 2 is 1.56 bits per heavy atom. The smallest absolute Gasteiger partial charge is 0.266 e. The number of nitrogens with zero attached hydrogens (tertiary/aromatic N) is 1. The Labute approximate surface area is 199 Å². The van der Waals surface area contributed by atoms with Gasteiger partial charge in [0.15, 0.2) is 5.11 Å². The molecule has 3 aromatic carbocycles. The number of thiocarbonyl (C=S) groups is 1. The zero-order chi connectivity index (χ0) is 23.0. The molecule has 0 atom stereocenters. The van der Waals surface area contributed by atoms with Crippen LogP contribution in [0.15, 0.2) is 60.7 Å². The summed E-state index contributed by atoms with van der Waals surface area (Å²) in [6.07, 6.45) is 0. The van der Waals surface area contributed by atoms with Crippen LogP contribution in [0.1, 0.15) is 36.6 Å². The van der Waals surface area contributed by atoms with Crippen LogP contribution in [0.5, 0.6) is 0 Å². The number of carbonyl (C=O) groups excluding carboxylic acids is 3. The number of nitrogens with one attached hydrogen (secondary N) is 2. The van der Waals surface area contributed by atoms with Crippen LogP contribution >= 0.6 is 35.4 Å². The van der Waals surface area contributed by atoms with E-state index in [-0.39, 0.29) is 15.7 Å². The Morgan fingerprint density at radius 1 is 0.906 bits per heavy atom. The van der Waals surface area contributed by atoms with Crippen LogP contribution in [0.3, 0.4) is 0 Å². The third-order valence-corrected chi connectivity index (χ3v) is 5.68. The van der Waals surface area contributed by atoms with Crippen molar-refractivity contribution in [2.45, 2.75) is 6.92 Å². The maximum absolute atomic E-state index is 12.7. The van der Waals surface area contributed by atoms with E-state index in [9.17, 15) is 14.4 Å². The number of benzene rings is 3. The van der Waals surface area contributed by atoms with Gasteiger partial charge in [0, 0.05) is 0 Å². The van der Waals surface area contributed by atoms with Crippen LogP contribution < -0.4 is 15.5 Å². The second-order valence-corrected chi connectivity index (χ2v) is 8.27. The molecule has 32 heavy (non-hydrogen) atoms. The second-order valence-electron chi connectivity index (χ2n) is 7.05. The predicted octanol–water partition coefficient (Wildman–Crippen LogP) is 5.23. The summed E-state index contributed by atoms with van der Waals surface area (Å²) in [6.45, 7) is 1.87. The van der Waals surface area contributed by atoms with Crippen molar-refractivity contribution in [3.8, 4) is 0 Å². The molecular formula is C23H15Cl2N3O3S. The Hall–Kier alpha value is -3.26. The van der Waals surface area contributed by atoms with Crippen LogP contribution in [0, 0.1) is 6.92 Å². The van der Waals surface area contributed by atoms with E-state index in [4.69, 9.17) is 35.4 Å². The van der Waals surface area contributed by atoms with Gasteiger partial charge in [0.05, 0.1) is 38.1 Å². The zero-order valence-corrected chi connectivity index (χ0v) is 18.9. The summed E-state index contributed by atoms with van der Waals surface area (Å²) in [6, 6.07) is 16.3. The maximum atomic E-state index is 12.7. The molecule has 160 valence electrons. The summed E-state index contributed by atoms with van der Waals surface area (Å²) in [5.74, 6) is -1.30. The summed E-state index contributed by atoms with van der Waals surface area (Å²) in [5.41, 5.74) is 2.62. The lowest BCUT2D eigenvalue weighted by atomic mass is 10.1. The van der Waals surface area contributed by atoms with Crippen molar-refractivity contribution in [2.75, 3.05) is 10.2 Å². The van der Waals surface area contributed by atoms with Gasteiger partial charge in [-0.15, -0.1) is 0 Å². The lowest BCUT2D eigenvalue weighted by molar-refractivity contribution is 0.0923. The number of carbonyl (C=O) groups is 3. The molecule has 9 heteroatoms. The molecule has 0 bridgehead atoms. The number of aryl methyl sites for hydroxylation is 1. The molecule has 3 aromatic rings. The number of halogens is 2. The molecule has 0 unspecified atom stereocenters. The topological polar surface area (TPSA) is 78.5 Å². The average Bonchev–Trinajstić information content (AvgIpc) is 3.00. The molecule has 1 aliphatic rings. The van der Waals surface area contributed by atoms with Gasteiger partial charge < -0.3 is 5.32 Å². The molecule has 6 nitrogen and oxygen atoms in total. The van der Waals surface area contributed by atoms with Gasteiger partial charge in [-0.3, -0.25) is 19.7 Å². The van der Waals surface area contributed by atoms with Crippen LogP contribution in [-0.4, -0.2) is 22.8 Å². The lowest BCUT2D eigenvalue weighted by Crippen LogP contribution is -2.34. The van der Waals surface area contributed by atoms with Crippen molar-refractivity contribution in [1.29, 1.82) is 0 Å². The van der Waals surface area contributed by atoms with Crippen LogP contribution in [-0.2, 0) is 0 Å². The highest BCUT2D eigenvalue weighted by molar-refractivity contribution is 7.80. The molecular weight excluding hydrogens is 469 g/mol. The quantitative estimate of drug-likeness (QED) is 0.393. The Bertz CT molecular complexity index is 1270. The fourth-order valence-electron chi connectivity index (χ4n) is 3.30. The monoisotopic (exact) mass is 483 g/mol. The molecule has 0 saturated carbocycles. The van der Waals surface area contributed by atoms with Gasteiger partial charge in [-0.05, 0) is 67.2 Å². The fourth-order valence-corrected chi connectivity index (χ4v) is 4.04. The number of hydrogen-bond donors (Lipinski definition) is 2. The summed E-state index contributed by atoms with van der Waals surface area (Å²) >= 11 is 17.7. The first-order valence-corrected chi connectivity index (χ1v) is 10.6. The highest BCUT2D eigenvalue weighted by atomic mass is 35.5. The van der Waals surface area contributed by atoms with E-state index in [1.165, 1.54) is 6.07 Å². The minimum Gasteiger partial charge on any atom is -0.331 e. The first-order valence-electron chi connectivity index (χ1n) is 9.42. The van der Waals surface area contributed by atoms with E-state index < -0.39 is 17.7 Å². The van der Waals surface area contributed by atoms with Crippen LogP contribution in [0.25, 0.3) is 0 Å². The number of rotatable bonds is 3. The van der Waals surface area contributed by atoms with Crippen molar-refractivity contribution in [3.63, 3.8) is 0 Å². The highest BCUT2D eigenvalue weighted by Crippen LogP contribution is 2.32. The second kappa shape index (κ2) is 8.70. The minimum absolute atomic E-state index is 0.0158. The third-order valence-electron chi connectivity index (χ3n) is 4.85. The summed E-state index contributed by atoms with van der Waals surface area (Å²) < 4.78 is 0. The molecule has 1 heterocycles. The van der Waals surface area contributed by atoms with Crippen molar-refractivity contribution in [2.24, 2.45) is 0 Å². The number of hydrogen-bond acceptors (Lipinski definition) is 4. The molecule has 0 radical (unpaired) electrons. The van der Waals surface area contributed by atoms with Gasteiger partial charge in [0.25, 0.3) is 17.7 Å². The minimum atomic E-state index is -0.466. The first kappa shape index (κ1) is 22.0. The molecule has 3 amide bonds. The van der Waals surface area contributed by atoms with Gasteiger partial charge in [-0.1, -0.05) is 41.4 Å². The van der Waals surface area contributed by atoms with Crippen molar-refractivity contribution >= 4 is 69.6 Å². The molecule has 0 fully saturated rings. The lowest BCUT2D eigenvalue weighted by Gasteiger charge is -2.16. The summed E-state index contributed by atoms with van der Waals surface area (Å²) in [7, 11) is 0.